The number of methoxy groups -OCH3 is 1. The van der Waals surface area contributed by atoms with E-state index < -0.39 is 46.0 Å². The summed E-state index contributed by atoms with van der Waals surface area (Å²) in [7, 11) is 1.35. The maximum Gasteiger partial charge on any atom is 0.343 e. The summed E-state index contributed by atoms with van der Waals surface area (Å²) in [5.41, 5.74) is -1.66. The highest BCUT2D eigenvalue weighted by atomic mass is 19.1. The third-order valence-electron chi connectivity index (χ3n) is 4.86. The average Bonchev–Trinajstić information content (AvgIpc) is 2.73. The molecule has 1 aromatic heterocycles. The quantitative estimate of drug-likeness (QED) is 0.359. The second-order valence-electron chi connectivity index (χ2n) is 7.10. The zero-order chi connectivity index (χ0) is 24.3. The highest BCUT2D eigenvalue weighted by molar-refractivity contribution is 5.92. The number of carbonyl (C=O) groups excluding carboxylic acids is 1. The van der Waals surface area contributed by atoms with Crippen LogP contribution < -0.4 is 15.7 Å². The van der Waals surface area contributed by atoms with Gasteiger partial charge in [-0.05, 0) is 36.8 Å². The molecule has 1 amide bonds. The zero-order valence-electron chi connectivity index (χ0n) is 17.5. The molecule has 0 unspecified atom stereocenters. The Balaban J connectivity index is 2.00. The van der Waals surface area contributed by atoms with Gasteiger partial charge in [-0.2, -0.15) is 4.39 Å². The number of phenols is 1. The van der Waals surface area contributed by atoms with Crippen LogP contribution >= 0.6 is 0 Å². The molecule has 0 spiro atoms. The van der Waals surface area contributed by atoms with Crippen LogP contribution in [0.2, 0.25) is 0 Å². The molecule has 1 heterocycles. The molecule has 0 aliphatic carbocycles. The van der Waals surface area contributed by atoms with Crippen molar-refractivity contribution in [2.45, 2.75) is 19.3 Å². The Morgan fingerprint density at radius 2 is 1.94 bits per heavy atom. The number of rotatable bonds is 7. The monoisotopic (exact) mass is 458 g/mol. The van der Waals surface area contributed by atoms with Crippen LogP contribution in [0.5, 0.6) is 17.2 Å². The fourth-order valence-corrected chi connectivity index (χ4v) is 3.36. The summed E-state index contributed by atoms with van der Waals surface area (Å²) in [6.45, 7) is 1.47. The molecule has 3 aromatic rings. The number of amides is 1. The minimum Gasteiger partial charge on any atom is -0.507 e. The van der Waals surface area contributed by atoms with E-state index in [2.05, 4.69) is 5.32 Å². The summed E-state index contributed by atoms with van der Waals surface area (Å²) in [6, 6.07) is 8.26. The number of benzene rings is 2. The summed E-state index contributed by atoms with van der Waals surface area (Å²) in [4.78, 5) is 35.3. The lowest BCUT2D eigenvalue weighted by Gasteiger charge is -2.19. The fraction of sp³-hybridized carbons (Fsp3) is 0.182. The molecule has 1 atom stereocenters. The third kappa shape index (κ3) is 5.09. The van der Waals surface area contributed by atoms with Crippen molar-refractivity contribution in [1.29, 1.82) is 0 Å². The van der Waals surface area contributed by atoms with Gasteiger partial charge in [0.1, 0.15) is 11.5 Å². The van der Waals surface area contributed by atoms with E-state index in [0.29, 0.717) is 5.56 Å². The minimum atomic E-state index is -1.06. The van der Waals surface area contributed by atoms with Crippen LogP contribution in [0.15, 0.2) is 51.7 Å². The topological polar surface area (TPSA) is 152 Å². The number of aromatic hydroxyl groups is 2. The van der Waals surface area contributed by atoms with Crippen molar-refractivity contribution >= 4 is 17.3 Å². The van der Waals surface area contributed by atoms with Gasteiger partial charge in [0.25, 0.3) is 0 Å². The Kier molecular flexibility index (Phi) is 6.61. The van der Waals surface area contributed by atoms with Gasteiger partial charge in [-0.1, -0.05) is 6.07 Å². The number of nitro groups is 1. The molecular formula is C22H19FN2O8. The van der Waals surface area contributed by atoms with Crippen molar-refractivity contribution in [2.75, 3.05) is 12.4 Å². The average molecular weight is 458 g/mol. The molecule has 10 nitrogen and oxygen atoms in total. The Morgan fingerprint density at radius 3 is 2.55 bits per heavy atom. The highest BCUT2D eigenvalue weighted by Gasteiger charge is 2.27. The van der Waals surface area contributed by atoms with Crippen molar-refractivity contribution in [1.82, 2.24) is 0 Å². The number of anilines is 1. The molecule has 0 radical (unpaired) electrons. The maximum absolute atomic E-state index is 13.6. The van der Waals surface area contributed by atoms with Gasteiger partial charge in [0.05, 0.1) is 17.6 Å². The van der Waals surface area contributed by atoms with Crippen LogP contribution in [0.25, 0.3) is 0 Å². The first-order valence-electron chi connectivity index (χ1n) is 9.55. The number of nitrogens with zero attached hydrogens (tertiary/aromatic N) is 1. The first-order valence-corrected chi connectivity index (χ1v) is 9.55. The van der Waals surface area contributed by atoms with Crippen LogP contribution in [0.3, 0.4) is 0 Å². The molecule has 3 rings (SSSR count). The highest BCUT2D eigenvalue weighted by Crippen LogP contribution is 2.36. The summed E-state index contributed by atoms with van der Waals surface area (Å²) in [5, 5.41) is 33.9. The summed E-state index contributed by atoms with van der Waals surface area (Å²) >= 11 is 0. The smallest absolute Gasteiger partial charge is 0.343 e. The number of nitro benzene ring substituents is 1. The van der Waals surface area contributed by atoms with E-state index in [9.17, 15) is 34.3 Å². The third-order valence-corrected chi connectivity index (χ3v) is 4.86. The number of hydrogen-bond donors (Lipinski definition) is 3. The van der Waals surface area contributed by atoms with Crippen molar-refractivity contribution in [2.24, 2.45) is 0 Å². The lowest BCUT2D eigenvalue weighted by Crippen LogP contribution is -2.21. The maximum atomic E-state index is 13.6. The van der Waals surface area contributed by atoms with Crippen molar-refractivity contribution in [3.05, 3.63) is 85.7 Å². The molecule has 0 aliphatic heterocycles. The second kappa shape index (κ2) is 9.39. The summed E-state index contributed by atoms with van der Waals surface area (Å²) < 4.78 is 23.6. The number of aryl methyl sites for hydroxylation is 1. The van der Waals surface area contributed by atoms with Gasteiger partial charge >= 0.3 is 11.3 Å². The van der Waals surface area contributed by atoms with E-state index in [0.717, 1.165) is 18.2 Å². The van der Waals surface area contributed by atoms with Crippen molar-refractivity contribution in [3.63, 3.8) is 0 Å². The predicted molar refractivity (Wildman–Crippen MR) is 114 cm³/mol. The normalized spacial score (nSPS) is 11.6. The van der Waals surface area contributed by atoms with Crippen LogP contribution in [-0.4, -0.2) is 28.2 Å². The predicted octanol–water partition coefficient (Wildman–Crippen LogP) is 3.58. The molecule has 3 N–H and O–H groups in total. The van der Waals surface area contributed by atoms with E-state index in [1.807, 2.05) is 0 Å². The van der Waals surface area contributed by atoms with Crippen LogP contribution in [0.4, 0.5) is 15.8 Å². The summed E-state index contributed by atoms with van der Waals surface area (Å²) in [5.74, 6) is -3.18. The molecule has 0 saturated carbocycles. The van der Waals surface area contributed by atoms with Gasteiger partial charge in [0.2, 0.25) is 11.7 Å². The molecule has 172 valence electrons. The van der Waals surface area contributed by atoms with E-state index in [4.69, 9.17) is 9.15 Å². The number of halogens is 1. The summed E-state index contributed by atoms with van der Waals surface area (Å²) in [6.07, 6.45) is -0.418. The molecule has 2 aromatic carbocycles. The molecule has 0 aliphatic rings. The largest absolute Gasteiger partial charge is 0.507 e. The SMILES string of the molecule is COc1ccc([C@@H](CC(=O)Nc2ccc(F)c([N+](=O)[O-])c2)c2c(O)cc(C)oc2=O)cc1O. The van der Waals surface area contributed by atoms with E-state index in [-0.39, 0.29) is 28.5 Å². The van der Waals surface area contributed by atoms with E-state index in [1.54, 1.807) is 0 Å². The molecule has 33 heavy (non-hydrogen) atoms. The van der Waals surface area contributed by atoms with Gasteiger partial charge in [0.15, 0.2) is 11.5 Å². The van der Waals surface area contributed by atoms with Crippen molar-refractivity contribution in [3.8, 4) is 17.2 Å². The fourth-order valence-electron chi connectivity index (χ4n) is 3.36. The van der Waals surface area contributed by atoms with E-state index in [1.165, 1.54) is 38.3 Å². The standard InChI is InChI=1S/C22H19FN2O8/c1-11-7-18(27)21(22(29)33-11)14(12-3-6-19(32-2)17(26)8-12)10-20(28)24-13-4-5-15(23)16(9-13)25(30)31/h3-9,14,26-27H,10H2,1-2H3,(H,24,28)/t14-/m1/s1. The van der Waals surface area contributed by atoms with E-state index >= 15 is 0 Å². The van der Waals surface area contributed by atoms with Gasteiger partial charge in [0, 0.05) is 30.2 Å². The van der Waals surface area contributed by atoms with Crippen LogP contribution in [0.1, 0.15) is 29.2 Å². The van der Waals surface area contributed by atoms with Gasteiger partial charge < -0.3 is 24.7 Å². The lowest BCUT2D eigenvalue weighted by atomic mass is 9.88. The second-order valence-corrected chi connectivity index (χ2v) is 7.10. The minimum absolute atomic E-state index is 0.0374. The first-order chi connectivity index (χ1) is 15.6. The zero-order valence-corrected chi connectivity index (χ0v) is 17.5. The number of phenolic OH excluding ortho intramolecular Hbond substituents is 1. The first kappa shape index (κ1) is 23.3. The molecule has 0 saturated heterocycles. The van der Waals surface area contributed by atoms with Crippen LogP contribution in [0, 0.1) is 22.9 Å². The van der Waals surface area contributed by atoms with Crippen LogP contribution in [-0.2, 0) is 4.79 Å². The van der Waals surface area contributed by atoms with Gasteiger partial charge in [-0.15, -0.1) is 0 Å². The number of ether oxygens (including phenoxy) is 1. The molecule has 0 bridgehead atoms. The Labute approximate surface area is 186 Å². The Morgan fingerprint density at radius 1 is 1.21 bits per heavy atom. The van der Waals surface area contributed by atoms with Crippen molar-refractivity contribution < 1.29 is 33.5 Å². The number of carbonyl (C=O) groups is 1. The molecular weight excluding hydrogens is 439 g/mol. The lowest BCUT2D eigenvalue weighted by molar-refractivity contribution is -0.387. The molecule has 11 heteroatoms. The van der Waals surface area contributed by atoms with Gasteiger partial charge in [-0.3, -0.25) is 14.9 Å². The number of nitrogens with one attached hydrogen (secondary N) is 1. The Hall–Kier alpha value is -4.41. The number of hydrogen-bond acceptors (Lipinski definition) is 8. The Bertz CT molecular complexity index is 1290. The molecule has 0 fully saturated rings. The van der Waals surface area contributed by atoms with Gasteiger partial charge in [-0.25, -0.2) is 4.79 Å².